The van der Waals surface area contributed by atoms with Gasteiger partial charge in [0.2, 0.25) is 5.88 Å². The Labute approximate surface area is 142 Å². The predicted octanol–water partition coefficient (Wildman–Crippen LogP) is 4.16. The highest BCUT2D eigenvalue weighted by molar-refractivity contribution is 6.00. The van der Waals surface area contributed by atoms with Crippen LogP contribution in [0.2, 0.25) is 0 Å². The molecule has 0 amide bonds. The average molecular weight is 325 g/mol. The number of hydroxylamine groups is 1. The molecule has 2 N–H and O–H groups in total. The zero-order chi connectivity index (χ0) is 16.9. The molecule has 1 aromatic heterocycles. The fourth-order valence-corrected chi connectivity index (χ4v) is 2.88. The number of ether oxygens (including phenoxy) is 1. The number of amidine groups is 1. The molecule has 0 bridgehead atoms. The molecule has 126 valence electrons. The van der Waals surface area contributed by atoms with Crippen molar-refractivity contribution in [2.45, 2.75) is 45.6 Å². The molecular weight excluding hydrogens is 302 g/mol. The van der Waals surface area contributed by atoms with Crippen molar-refractivity contribution < 1.29 is 9.94 Å². The summed E-state index contributed by atoms with van der Waals surface area (Å²) in [5.41, 5.74) is 4.91. The topological polar surface area (TPSA) is 66.7 Å². The number of aryl methyl sites for hydroxylation is 2. The molecule has 0 radical (unpaired) electrons. The molecule has 1 saturated carbocycles. The van der Waals surface area contributed by atoms with Crippen molar-refractivity contribution in [3.63, 3.8) is 0 Å². The molecule has 1 aromatic carbocycles. The van der Waals surface area contributed by atoms with E-state index in [1.165, 1.54) is 18.4 Å². The van der Waals surface area contributed by atoms with Crippen LogP contribution in [0, 0.1) is 13.8 Å². The third-order valence-corrected chi connectivity index (χ3v) is 4.23. The van der Waals surface area contributed by atoms with Crippen LogP contribution < -0.4 is 10.2 Å². The first-order valence-corrected chi connectivity index (χ1v) is 8.36. The van der Waals surface area contributed by atoms with Gasteiger partial charge in [-0.15, -0.1) is 0 Å². The van der Waals surface area contributed by atoms with Crippen molar-refractivity contribution in [1.82, 2.24) is 10.5 Å². The van der Waals surface area contributed by atoms with E-state index in [2.05, 4.69) is 15.5 Å². The quantitative estimate of drug-likeness (QED) is 0.503. The van der Waals surface area contributed by atoms with E-state index in [1.54, 1.807) is 0 Å². The van der Waals surface area contributed by atoms with Crippen LogP contribution in [0.5, 0.6) is 11.6 Å². The van der Waals surface area contributed by atoms with Crippen LogP contribution in [0.3, 0.4) is 0 Å². The second-order valence-corrected chi connectivity index (χ2v) is 6.25. The normalized spacial score (nSPS) is 15.5. The van der Waals surface area contributed by atoms with Gasteiger partial charge in [-0.2, -0.15) is 0 Å². The molecule has 5 heteroatoms. The lowest BCUT2D eigenvalue weighted by atomic mass is 10.2. The lowest BCUT2D eigenvalue weighted by Crippen LogP contribution is -2.23. The number of pyridine rings is 1. The summed E-state index contributed by atoms with van der Waals surface area (Å²) in [6.07, 6.45) is 4.48. The highest BCUT2D eigenvalue weighted by atomic mass is 16.5. The summed E-state index contributed by atoms with van der Waals surface area (Å²) in [5, 5.41) is 9.57. The van der Waals surface area contributed by atoms with Crippen molar-refractivity contribution >= 4 is 5.84 Å². The molecule has 1 heterocycles. The Bertz CT molecular complexity index is 720. The van der Waals surface area contributed by atoms with Crippen LogP contribution in [0.15, 0.2) is 41.4 Å². The number of nitrogens with zero attached hydrogens (tertiary/aromatic N) is 2. The number of rotatable bonds is 4. The minimum atomic E-state index is 0.244. The van der Waals surface area contributed by atoms with Gasteiger partial charge in [0, 0.05) is 5.69 Å². The first kappa shape index (κ1) is 16.5. The molecule has 0 atom stereocenters. The first-order chi connectivity index (χ1) is 11.7. The Balaban J connectivity index is 1.93. The van der Waals surface area contributed by atoms with Gasteiger partial charge in [0.05, 0.1) is 11.6 Å². The molecule has 5 nitrogen and oxygen atoms in total. The molecule has 0 unspecified atom stereocenters. The number of aliphatic imine (C=N–C) groups is 1. The van der Waals surface area contributed by atoms with Gasteiger partial charge in [0.15, 0.2) is 5.84 Å². The smallest absolute Gasteiger partial charge is 0.230 e. The van der Waals surface area contributed by atoms with Gasteiger partial charge in [-0.3, -0.25) is 15.7 Å². The maximum absolute atomic E-state index is 9.57. The van der Waals surface area contributed by atoms with E-state index in [0.717, 1.165) is 18.5 Å². The van der Waals surface area contributed by atoms with E-state index in [4.69, 9.17) is 4.74 Å². The third kappa shape index (κ3) is 3.92. The number of nitrogens with one attached hydrogen (secondary N) is 1. The second kappa shape index (κ2) is 7.45. The minimum Gasteiger partial charge on any atom is -0.438 e. The van der Waals surface area contributed by atoms with E-state index in [0.29, 0.717) is 23.0 Å². The standard InChI is InChI=1S/C19H23N3O2/c1-13-7-10-16(11-8-13)24-19-17(12-9-14(2)20-19)18(22-23)21-15-5-3-4-6-15/h7-12,15,23H,3-6H2,1-2H3,(H,21,22). The maximum atomic E-state index is 9.57. The summed E-state index contributed by atoms with van der Waals surface area (Å²) in [7, 11) is 0. The molecule has 3 rings (SSSR count). The Kier molecular flexibility index (Phi) is 5.11. The Morgan fingerprint density at radius 3 is 2.50 bits per heavy atom. The van der Waals surface area contributed by atoms with Crippen molar-refractivity contribution in [1.29, 1.82) is 0 Å². The van der Waals surface area contributed by atoms with E-state index in [1.807, 2.05) is 50.2 Å². The highest BCUT2D eigenvalue weighted by Gasteiger charge is 2.18. The molecule has 0 aliphatic heterocycles. The predicted molar refractivity (Wildman–Crippen MR) is 93.9 cm³/mol. The number of hydrogen-bond donors (Lipinski definition) is 2. The van der Waals surface area contributed by atoms with Crippen LogP contribution in [0.4, 0.5) is 0 Å². The fourth-order valence-electron chi connectivity index (χ4n) is 2.88. The largest absolute Gasteiger partial charge is 0.438 e. The van der Waals surface area contributed by atoms with Crippen molar-refractivity contribution in [2.75, 3.05) is 0 Å². The van der Waals surface area contributed by atoms with Crippen LogP contribution >= 0.6 is 0 Å². The summed E-state index contributed by atoms with van der Waals surface area (Å²) >= 11 is 0. The van der Waals surface area contributed by atoms with E-state index >= 15 is 0 Å². The van der Waals surface area contributed by atoms with Gasteiger partial charge in [-0.05, 0) is 51.0 Å². The third-order valence-electron chi connectivity index (χ3n) is 4.23. The first-order valence-electron chi connectivity index (χ1n) is 8.36. The molecule has 1 aliphatic carbocycles. The minimum absolute atomic E-state index is 0.244. The summed E-state index contributed by atoms with van der Waals surface area (Å²) in [5.74, 6) is 1.56. The highest BCUT2D eigenvalue weighted by Crippen LogP contribution is 2.26. The van der Waals surface area contributed by atoms with Crippen molar-refractivity contribution in [3.05, 3.63) is 53.2 Å². The Hall–Kier alpha value is -2.40. The van der Waals surface area contributed by atoms with E-state index in [9.17, 15) is 5.21 Å². The molecular formula is C19H23N3O2. The van der Waals surface area contributed by atoms with Gasteiger partial charge in [-0.1, -0.05) is 30.5 Å². The molecule has 2 aromatic rings. The van der Waals surface area contributed by atoms with Crippen LogP contribution in [0.25, 0.3) is 0 Å². The molecule has 1 aliphatic rings. The zero-order valence-electron chi connectivity index (χ0n) is 14.1. The molecule has 24 heavy (non-hydrogen) atoms. The summed E-state index contributed by atoms with van der Waals surface area (Å²) < 4.78 is 5.95. The Morgan fingerprint density at radius 2 is 1.83 bits per heavy atom. The molecule has 0 spiro atoms. The number of aromatic nitrogens is 1. The van der Waals surface area contributed by atoms with Crippen LogP contribution in [-0.2, 0) is 0 Å². The van der Waals surface area contributed by atoms with E-state index in [-0.39, 0.29) is 6.04 Å². The average Bonchev–Trinajstić information content (AvgIpc) is 3.08. The number of hydrogen-bond acceptors (Lipinski definition) is 4. The van der Waals surface area contributed by atoms with Gasteiger partial charge < -0.3 is 4.74 Å². The monoisotopic (exact) mass is 325 g/mol. The lowest BCUT2D eigenvalue weighted by Gasteiger charge is -2.14. The van der Waals surface area contributed by atoms with Gasteiger partial charge >= 0.3 is 0 Å². The summed E-state index contributed by atoms with van der Waals surface area (Å²) in [4.78, 5) is 9.13. The summed E-state index contributed by atoms with van der Waals surface area (Å²) in [6.45, 7) is 3.94. The zero-order valence-corrected chi connectivity index (χ0v) is 14.1. The van der Waals surface area contributed by atoms with E-state index < -0.39 is 0 Å². The van der Waals surface area contributed by atoms with Crippen molar-refractivity contribution in [3.8, 4) is 11.6 Å². The Morgan fingerprint density at radius 1 is 1.12 bits per heavy atom. The fraction of sp³-hybridized carbons (Fsp3) is 0.368. The van der Waals surface area contributed by atoms with Gasteiger partial charge in [0.25, 0.3) is 0 Å². The summed E-state index contributed by atoms with van der Waals surface area (Å²) in [6, 6.07) is 11.8. The SMILES string of the molecule is Cc1ccc(Oc2nc(C)ccc2C(=NC2CCCC2)NO)cc1. The van der Waals surface area contributed by atoms with Crippen molar-refractivity contribution in [2.24, 2.45) is 4.99 Å². The number of benzene rings is 1. The van der Waals surface area contributed by atoms with Crippen LogP contribution in [0.1, 0.15) is 42.5 Å². The lowest BCUT2D eigenvalue weighted by molar-refractivity contribution is 0.233. The molecule has 1 fully saturated rings. The second-order valence-electron chi connectivity index (χ2n) is 6.25. The van der Waals surface area contributed by atoms with Crippen LogP contribution in [-0.4, -0.2) is 22.1 Å². The molecule has 0 saturated heterocycles. The van der Waals surface area contributed by atoms with Gasteiger partial charge in [-0.25, -0.2) is 4.98 Å². The maximum Gasteiger partial charge on any atom is 0.230 e. The van der Waals surface area contributed by atoms with Gasteiger partial charge in [0.1, 0.15) is 5.75 Å².